The van der Waals surface area contributed by atoms with E-state index in [1.54, 1.807) is 18.5 Å². The number of fused-ring (bicyclic) bond motifs is 2. The van der Waals surface area contributed by atoms with Crippen LogP contribution in [-0.2, 0) is 11.8 Å². The minimum absolute atomic E-state index is 0.214. The summed E-state index contributed by atoms with van der Waals surface area (Å²) in [7, 11) is 1.94. The van der Waals surface area contributed by atoms with Crippen molar-refractivity contribution in [2.45, 2.75) is 18.9 Å². The van der Waals surface area contributed by atoms with Crippen LogP contribution in [0.4, 0.5) is 11.5 Å². The van der Waals surface area contributed by atoms with E-state index < -0.39 is 0 Å². The maximum Gasteiger partial charge on any atom is 0.164 e. The van der Waals surface area contributed by atoms with Gasteiger partial charge in [0, 0.05) is 36.9 Å². The van der Waals surface area contributed by atoms with Crippen molar-refractivity contribution in [2.75, 3.05) is 18.5 Å². The lowest BCUT2D eigenvalue weighted by Crippen LogP contribution is -2.20. The molecule has 5 aromatic rings. The van der Waals surface area contributed by atoms with Gasteiger partial charge in [-0.25, -0.2) is 14.6 Å². The van der Waals surface area contributed by atoms with Crippen LogP contribution in [0.1, 0.15) is 18.9 Å². The van der Waals surface area contributed by atoms with E-state index in [9.17, 15) is 5.11 Å². The molecule has 1 aliphatic rings. The minimum Gasteiger partial charge on any atom is -0.508 e. The summed E-state index contributed by atoms with van der Waals surface area (Å²) in [6.07, 6.45) is 5.21. The molecule has 0 atom stereocenters. The van der Waals surface area contributed by atoms with Crippen molar-refractivity contribution < 1.29 is 9.84 Å². The number of anilines is 2. The molecule has 1 fully saturated rings. The van der Waals surface area contributed by atoms with Gasteiger partial charge in [0.2, 0.25) is 0 Å². The van der Waals surface area contributed by atoms with Gasteiger partial charge < -0.3 is 15.2 Å². The second-order valence-corrected chi connectivity index (χ2v) is 8.27. The molecule has 2 aromatic carbocycles. The Bertz CT molecular complexity index is 1450. The van der Waals surface area contributed by atoms with Crippen LogP contribution in [0, 0.1) is 0 Å². The molecular weight excluding hydrogens is 418 g/mol. The number of nitrogens with one attached hydrogen (secondary N) is 1. The predicted molar refractivity (Wildman–Crippen MR) is 126 cm³/mol. The van der Waals surface area contributed by atoms with Crippen molar-refractivity contribution in [3.63, 3.8) is 0 Å². The summed E-state index contributed by atoms with van der Waals surface area (Å²) in [5, 5.41) is 24.4. The number of phenols is 1. The fraction of sp³-hybridized carbons (Fsp3) is 0.250. The fourth-order valence-corrected chi connectivity index (χ4v) is 4.43. The molecule has 166 valence electrons. The number of hydrogen-bond acceptors (Lipinski definition) is 7. The lowest BCUT2D eigenvalue weighted by Gasteiger charge is -2.22. The molecule has 4 heterocycles. The molecule has 33 heavy (non-hydrogen) atoms. The van der Waals surface area contributed by atoms with Gasteiger partial charge >= 0.3 is 0 Å². The van der Waals surface area contributed by atoms with Crippen LogP contribution < -0.4 is 5.32 Å². The normalized spacial score (nSPS) is 14.8. The standard InChI is InChI=1S/C24H23N7O2/c1-30-20-12-15(2-3-16(20)13-27-30)22-21-23(28-17-4-6-19(32)7-5-17)25-14-26-24(21)31(29-22)18-8-10-33-11-9-18/h2-7,12-14,18,32H,8-11H2,1H3,(H,25,26,28). The number of aryl methyl sites for hydroxylation is 1. The summed E-state index contributed by atoms with van der Waals surface area (Å²) >= 11 is 0. The molecule has 0 bridgehead atoms. The maximum atomic E-state index is 9.64. The van der Waals surface area contributed by atoms with Crippen LogP contribution in [0.15, 0.2) is 55.0 Å². The van der Waals surface area contributed by atoms with Gasteiger partial charge in [0.1, 0.15) is 23.6 Å². The molecule has 0 unspecified atom stereocenters. The predicted octanol–water partition coefficient (Wildman–Crippen LogP) is 4.18. The van der Waals surface area contributed by atoms with E-state index >= 15 is 0 Å². The lowest BCUT2D eigenvalue weighted by atomic mass is 10.1. The topological polar surface area (TPSA) is 103 Å². The van der Waals surface area contributed by atoms with E-state index in [0.29, 0.717) is 19.0 Å². The van der Waals surface area contributed by atoms with E-state index in [1.165, 1.54) is 0 Å². The van der Waals surface area contributed by atoms with Gasteiger partial charge in [0.25, 0.3) is 0 Å². The third-order valence-electron chi connectivity index (χ3n) is 6.18. The van der Waals surface area contributed by atoms with Crippen molar-refractivity contribution >= 4 is 33.4 Å². The second-order valence-electron chi connectivity index (χ2n) is 8.27. The molecule has 0 spiro atoms. The van der Waals surface area contributed by atoms with Gasteiger partial charge in [-0.3, -0.25) is 4.68 Å². The van der Waals surface area contributed by atoms with Gasteiger partial charge in [-0.2, -0.15) is 10.2 Å². The zero-order chi connectivity index (χ0) is 22.4. The number of benzene rings is 2. The zero-order valence-electron chi connectivity index (χ0n) is 18.1. The van der Waals surface area contributed by atoms with Crippen molar-refractivity contribution in [3.05, 3.63) is 55.0 Å². The number of phenolic OH excluding ortho intramolecular Hbond substituents is 1. The van der Waals surface area contributed by atoms with Crippen LogP contribution in [0.5, 0.6) is 5.75 Å². The highest BCUT2D eigenvalue weighted by atomic mass is 16.5. The monoisotopic (exact) mass is 441 g/mol. The van der Waals surface area contributed by atoms with Gasteiger partial charge in [0.05, 0.1) is 23.1 Å². The Kier molecular flexibility index (Phi) is 4.69. The molecule has 9 heteroatoms. The summed E-state index contributed by atoms with van der Waals surface area (Å²) in [4.78, 5) is 9.20. The van der Waals surface area contributed by atoms with Gasteiger partial charge in [0.15, 0.2) is 5.65 Å². The van der Waals surface area contributed by atoms with Crippen LogP contribution in [0.25, 0.3) is 33.2 Å². The molecule has 1 aliphatic heterocycles. The number of nitrogens with zero attached hydrogens (tertiary/aromatic N) is 6. The molecule has 6 rings (SSSR count). The first-order valence-electron chi connectivity index (χ1n) is 11.0. The largest absolute Gasteiger partial charge is 0.508 e. The molecule has 0 saturated carbocycles. The highest BCUT2D eigenvalue weighted by Crippen LogP contribution is 2.36. The SMILES string of the molecule is Cn1ncc2ccc(-c3nn(C4CCOCC4)c4ncnc(Nc5ccc(O)cc5)c34)cc21. The van der Waals surface area contributed by atoms with Crippen LogP contribution in [-0.4, -0.2) is 47.8 Å². The Morgan fingerprint density at radius 2 is 1.88 bits per heavy atom. The fourth-order valence-electron chi connectivity index (χ4n) is 4.43. The Labute approximate surface area is 189 Å². The number of aromatic nitrogens is 6. The summed E-state index contributed by atoms with van der Waals surface area (Å²) in [6.45, 7) is 1.43. The van der Waals surface area contributed by atoms with Gasteiger partial charge in [-0.1, -0.05) is 12.1 Å². The van der Waals surface area contributed by atoms with Crippen LogP contribution in [0.3, 0.4) is 0 Å². The first-order valence-corrected chi connectivity index (χ1v) is 11.0. The van der Waals surface area contributed by atoms with E-state index in [1.807, 2.05) is 34.7 Å². The number of aromatic hydroxyl groups is 1. The average Bonchev–Trinajstić information content (AvgIpc) is 3.42. The van der Waals surface area contributed by atoms with Crippen LogP contribution >= 0.6 is 0 Å². The summed E-state index contributed by atoms with van der Waals surface area (Å²) in [5.74, 6) is 0.884. The number of hydrogen-bond donors (Lipinski definition) is 2. The quantitative estimate of drug-likeness (QED) is 0.403. The van der Waals surface area contributed by atoms with Crippen molar-refractivity contribution in [2.24, 2.45) is 7.05 Å². The molecule has 3 aromatic heterocycles. The summed E-state index contributed by atoms with van der Waals surface area (Å²) in [5.41, 5.74) is 4.44. The molecular formula is C24H23N7O2. The lowest BCUT2D eigenvalue weighted by molar-refractivity contribution is 0.0674. The first kappa shape index (κ1) is 19.7. The Hall–Kier alpha value is -3.98. The number of ether oxygens (including phenoxy) is 1. The summed E-state index contributed by atoms with van der Waals surface area (Å²) < 4.78 is 9.47. The smallest absolute Gasteiger partial charge is 0.164 e. The first-order chi connectivity index (χ1) is 16.2. The highest BCUT2D eigenvalue weighted by Gasteiger charge is 2.25. The van der Waals surface area contributed by atoms with Gasteiger partial charge in [-0.05, 0) is 43.2 Å². The zero-order valence-corrected chi connectivity index (χ0v) is 18.1. The molecule has 0 radical (unpaired) electrons. The minimum atomic E-state index is 0.214. The highest BCUT2D eigenvalue weighted by molar-refractivity contribution is 6.01. The van der Waals surface area contributed by atoms with Crippen LogP contribution in [0.2, 0.25) is 0 Å². The average molecular weight is 441 g/mol. The second kappa shape index (κ2) is 7.86. The Balaban J connectivity index is 1.55. The van der Waals surface area contributed by atoms with E-state index in [4.69, 9.17) is 9.84 Å². The van der Waals surface area contributed by atoms with Crippen molar-refractivity contribution in [3.8, 4) is 17.0 Å². The molecule has 0 aliphatic carbocycles. The van der Waals surface area contributed by atoms with Gasteiger partial charge in [-0.15, -0.1) is 0 Å². The maximum absolute atomic E-state index is 9.64. The Morgan fingerprint density at radius 3 is 2.70 bits per heavy atom. The van der Waals surface area contributed by atoms with Crippen molar-refractivity contribution in [1.29, 1.82) is 0 Å². The van der Waals surface area contributed by atoms with E-state index in [2.05, 4.69) is 38.6 Å². The van der Waals surface area contributed by atoms with E-state index in [0.717, 1.165) is 51.7 Å². The third-order valence-corrected chi connectivity index (χ3v) is 6.18. The van der Waals surface area contributed by atoms with E-state index in [-0.39, 0.29) is 11.8 Å². The molecule has 0 amide bonds. The van der Waals surface area contributed by atoms with Crippen molar-refractivity contribution in [1.82, 2.24) is 29.5 Å². The number of rotatable bonds is 4. The Morgan fingerprint density at radius 1 is 1.06 bits per heavy atom. The molecule has 1 saturated heterocycles. The summed E-state index contributed by atoms with van der Waals surface area (Å²) in [6, 6.07) is 13.4. The molecule has 2 N–H and O–H groups in total. The molecule has 9 nitrogen and oxygen atoms in total. The third kappa shape index (κ3) is 3.46.